The van der Waals surface area contributed by atoms with E-state index >= 15 is 0 Å². The lowest BCUT2D eigenvalue weighted by Gasteiger charge is -2.48. The van der Waals surface area contributed by atoms with Gasteiger partial charge in [-0.25, -0.2) is 0 Å². The van der Waals surface area contributed by atoms with Crippen molar-refractivity contribution in [2.45, 2.75) is 71.0 Å². The van der Waals surface area contributed by atoms with Gasteiger partial charge in [0.1, 0.15) is 0 Å². The fourth-order valence-corrected chi connectivity index (χ4v) is 3.61. The zero-order chi connectivity index (χ0) is 14.3. The van der Waals surface area contributed by atoms with Gasteiger partial charge in [0.05, 0.1) is 18.6 Å². The number of carbonyl (C=O) groups excluding carboxylic acids is 1. The van der Waals surface area contributed by atoms with Crippen molar-refractivity contribution in [2.75, 3.05) is 13.2 Å². The van der Waals surface area contributed by atoms with Crippen molar-refractivity contribution >= 4 is 5.91 Å². The zero-order valence-electron chi connectivity index (χ0n) is 12.9. The summed E-state index contributed by atoms with van der Waals surface area (Å²) in [5.41, 5.74) is -0.135. The van der Waals surface area contributed by atoms with Crippen molar-refractivity contribution in [3.8, 4) is 0 Å². The van der Waals surface area contributed by atoms with Crippen LogP contribution in [0.15, 0.2) is 0 Å². The molecule has 2 fully saturated rings. The summed E-state index contributed by atoms with van der Waals surface area (Å²) in [7, 11) is 0. The van der Waals surface area contributed by atoms with Crippen LogP contribution in [0.25, 0.3) is 0 Å². The smallest absolute Gasteiger partial charge is 0.231 e. The fourth-order valence-electron chi connectivity index (χ4n) is 3.61. The van der Waals surface area contributed by atoms with Crippen LogP contribution in [0.3, 0.4) is 0 Å². The van der Waals surface area contributed by atoms with Crippen molar-refractivity contribution in [3.63, 3.8) is 0 Å². The molecule has 2 aliphatic heterocycles. The van der Waals surface area contributed by atoms with E-state index < -0.39 is 0 Å². The van der Waals surface area contributed by atoms with Gasteiger partial charge in [0.25, 0.3) is 0 Å². The molecule has 2 aliphatic rings. The van der Waals surface area contributed by atoms with Crippen LogP contribution in [-0.4, -0.2) is 36.2 Å². The third kappa shape index (κ3) is 3.11. The Morgan fingerprint density at radius 2 is 1.74 bits per heavy atom. The molecule has 4 heteroatoms. The molecule has 0 aromatic rings. The van der Waals surface area contributed by atoms with Gasteiger partial charge in [-0.05, 0) is 47.0 Å². The average Bonchev–Trinajstić information content (AvgIpc) is 2.10. The van der Waals surface area contributed by atoms with E-state index in [9.17, 15) is 4.79 Å². The molecule has 0 aromatic heterocycles. The summed E-state index contributed by atoms with van der Waals surface area (Å²) in [5.74, 6) is 0.180. The van der Waals surface area contributed by atoms with Crippen LogP contribution in [-0.2, 0) is 9.53 Å². The first-order valence-electron chi connectivity index (χ1n) is 7.36. The van der Waals surface area contributed by atoms with E-state index in [1.54, 1.807) is 0 Å². The van der Waals surface area contributed by atoms with Crippen molar-refractivity contribution in [1.29, 1.82) is 0 Å². The lowest BCUT2D eigenvalue weighted by molar-refractivity contribution is -0.163. The number of amides is 1. The first-order chi connectivity index (χ1) is 8.68. The summed E-state index contributed by atoms with van der Waals surface area (Å²) in [5, 5.41) is 6.90. The second-order valence-corrected chi connectivity index (χ2v) is 7.60. The highest BCUT2D eigenvalue weighted by Crippen LogP contribution is 2.33. The third-order valence-electron chi connectivity index (χ3n) is 4.44. The topological polar surface area (TPSA) is 50.4 Å². The lowest BCUT2D eigenvalue weighted by atomic mass is 9.78. The quantitative estimate of drug-likeness (QED) is 0.821. The highest BCUT2D eigenvalue weighted by Gasteiger charge is 2.46. The van der Waals surface area contributed by atoms with E-state index in [0.29, 0.717) is 13.2 Å². The van der Waals surface area contributed by atoms with Gasteiger partial charge in [-0.2, -0.15) is 0 Å². The predicted molar refractivity (Wildman–Crippen MR) is 76.0 cm³/mol. The van der Waals surface area contributed by atoms with E-state index in [1.165, 1.54) is 0 Å². The second kappa shape index (κ2) is 4.74. The molecule has 0 spiro atoms. The minimum Gasteiger partial charge on any atom is -0.379 e. The van der Waals surface area contributed by atoms with Crippen LogP contribution in [0, 0.1) is 5.41 Å². The maximum Gasteiger partial charge on any atom is 0.231 e. The molecule has 0 unspecified atom stereocenters. The van der Waals surface area contributed by atoms with Gasteiger partial charge in [-0.15, -0.1) is 0 Å². The van der Waals surface area contributed by atoms with Gasteiger partial charge in [0.15, 0.2) is 0 Å². The van der Waals surface area contributed by atoms with Crippen LogP contribution >= 0.6 is 0 Å². The number of nitrogens with one attached hydrogen (secondary N) is 2. The van der Waals surface area contributed by atoms with Crippen LogP contribution in [0.5, 0.6) is 0 Å². The summed E-state index contributed by atoms with van der Waals surface area (Å²) in [6, 6.07) is 0.253. The molecule has 0 atom stereocenters. The van der Waals surface area contributed by atoms with Gasteiger partial charge < -0.3 is 15.4 Å². The van der Waals surface area contributed by atoms with E-state index in [0.717, 1.165) is 19.3 Å². The van der Waals surface area contributed by atoms with E-state index in [1.807, 2.05) is 0 Å². The van der Waals surface area contributed by atoms with Crippen LogP contribution < -0.4 is 10.6 Å². The summed E-state index contributed by atoms with van der Waals surface area (Å²) in [6.07, 6.45) is 2.81. The Morgan fingerprint density at radius 1 is 1.21 bits per heavy atom. The average molecular weight is 268 g/mol. The molecule has 1 amide bonds. The highest BCUT2D eigenvalue weighted by molar-refractivity contribution is 5.84. The van der Waals surface area contributed by atoms with E-state index in [4.69, 9.17) is 4.74 Å². The summed E-state index contributed by atoms with van der Waals surface area (Å²) < 4.78 is 5.25. The molecule has 0 saturated carbocycles. The minimum atomic E-state index is -0.265. The van der Waals surface area contributed by atoms with E-state index in [-0.39, 0.29) is 28.4 Å². The Hall–Kier alpha value is -0.610. The van der Waals surface area contributed by atoms with Crippen molar-refractivity contribution < 1.29 is 9.53 Å². The molecule has 2 saturated heterocycles. The lowest BCUT2D eigenvalue weighted by Crippen LogP contribution is -2.64. The van der Waals surface area contributed by atoms with Gasteiger partial charge in [0, 0.05) is 17.1 Å². The molecule has 0 radical (unpaired) electrons. The number of hydrogen-bond donors (Lipinski definition) is 2. The van der Waals surface area contributed by atoms with Crippen molar-refractivity contribution in [3.05, 3.63) is 0 Å². The highest BCUT2D eigenvalue weighted by atomic mass is 16.5. The van der Waals surface area contributed by atoms with Gasteiger partial charge in [0.2, 0.25) is 5.91 Å². The minimum absolute atomic E-state index is 0.0647. The Kier molecular flexibility index (Phi) is 3.69. The summed E-state index contributed by atoms with van der Waals surface area (Å²) >= 11 is 0. The van der Waals surface area contributed by atoms with Crippen molar-refractivity contribution in [2.24, 2.45) is 5.41 Å². The Balaban J connectivity index is 2.00. The number of hydrogen-bond acceptors (Lipinski definition) is 3. The Bertz CT molecular complexity index is 338. The van der Waals surface area contributed by atoms with Crippen LogP contribution in [0.4, 0.5) is 0 Å². The normalized spacial score (nSPS) is 28.5. The fraction of sp³-hybridized carbons (Fsp3) is 0.933. The molecule has 110 valence electrons. The number of carbonyl (C=O) groups is 1. The van der Waals surface area contributed by atoms with Gasteiger partial charge >= 0.3 is 0 Å². The molecule has 0 aromatic carbocycles. The first-order valence-corrected chi connectivity index (χ1v) is 7.36. The number of ether oxygens (including phenoxy) is 1. The first kappa shape index (κ1) is 14.8. The second-order valence-electron chi connectivity index (χ2n) is 7.60. The predicted octanol–water partition coefficient (Wildman–Crippen LogP) is 1.84. The number of piperidine rings is 1. The maximum atomic E-state index is 12.5. The molecule has 19 heavy (non-hydrogen) atoms. The Morgan fingerprint density at radius 3 is 2.11 bits per heavy atom. The van der Waals surface area contributed by atoms with Gasteiger partial charge in [-0.3, -0.25) is 4.79 Å². The summed E-state index contributed by atoms with van der Waals surface area (Å²) in [4.78, 5) is 12.5. The Labute approximate surface area is 116 Å². The largest absolute Gasteiger partial charge is 0.379 e. The van der Waals surface area contributed by atoms with E-state index in [2.05, 4.69) is 45.3 Å². The third-order valence-corrected chi connectivity index (χ3v) is 4.44. The molecule has 4 nitrogen and oxygen atoms in total. The zero-order valence-corrected chi connectivity index (χ0v) is 12.9. The molecule has 2 heterocycles. The molecule has 2 rings (SSSR count). The monoisotopic (exact) mass is 268 g/mol. The van der Waals surface area contributed by atoms with Crippen LogP contribution in [0.1, 0.15) is 53.9 Å². The SMILES string of the molecule is CCC1(C(=O)NC2CC(C)(C)NC(C)(C)C2)COC1. The molecular formula is C15H28N2O2. The van der Waals surface area contributed by atoms with Gasteiger partial charge in [-0.1, -0.05) is 6.92 Å². The maximum absolute atomic E-state index is 12.5. The molecule has 0 aliphatic carbocycles. The standard InChI is InChI=1S/C15H28N2O2/c1-6-15(9-19-10-15)12(18)16-11-7-13(2,3)17-14(4,5)8-11/h11,17H,6-10H2,1-5H3,(H,16,18). The summed E-state index contributed by atoms with van der Waals surface area (Å²) in [6.45, 7) is 12.0. The number of rotatable bonds is 3. The molecule has 2 N–H and O–H groups in total. The molecule has 0 bridgehead atoms. The van der Waals surface area contributed by atoms with Crippen LogP contribution in [0.2, 0.25) is 0 Å². The molecular weight excluding hydrogens is 240 g/mol. The van der Waals surface area contributed by atoms with Crippen molar-refractivity contribution in [1.82, 2.24) is 10.6 Å².